The molecular weight excluding hydrogens is 262 g/mol. The van der Waals surface area contributed by atoms with Crippen molar-refractivity contribution in [1.82, 2.24) is 0 Å². The molecule has 0 bridgehead atoms. The average Bonchev–Trinajstić information content (AvgIpc) is 2.55. The highest BCUT2D eigenvalue weighted by molar-refractivity contribution is 5.75. The van der Waals surface area contributed by atoms with Crippen molar-refractivity contribution in [3.63, 3.8) is 0 Å². The number of carbonyl (C=O) groups excluding carboxylic acids is 1. The van der Waals surface area contributed by atoms with Gasteiger partial charge in [-0.25, -0.2) is 0 Å². The van der Waals surface area contributed by atoms with Crippen LogP contribution < -0.4 is 5.32 Å². The number of para-hydroxylation sites is 1. The maximum atomic E-state index is 12.3. The van der Waals surface area contributed by atoms with Crippen molar-refractivity contribution >= 4 is 11.7 Å². The molecule has 2 aromatic rings. The number of benzene rings is 2. The van der Waals surface area contributed by atoms with Gasteiger partial charge in [-0.1, -0.05) is 48.5 Å². The summed E-state index contributed by atoms with van der Waals surface area (Å²) in [6, 6.07) is 17.9. The molecule has 21 heavy (non-hydrogen) atoms. The molecule has 0 aromatic heterocycles. The van der Waals surface area contributed by atoms with E-state index in [1.165, 1.54) is 5.56 Å². The molecule has 1 aliphatic heterocycles. The lowest BCUT2D eigenvalue weighted by Crippen LogP contribution is -2.31. The lowest BCUT2D eigenvalue weighted by atomic mass is 9.94. The summed E-state index contributed by atoms with van der Waals surface area (Å²) in [6.07, 6.45) is 0.527. The number of hydrogen-bond acceptors (Lipinski definition) is 3. The van der Waals surface area contributed by atoms with Crippen molar-refractivity contribution in [1.29, 1.82) is 0 Å². The number of ether oxygens (including phenoxy) is 1. The second kappa shape index (κ2) is 6.00. The molecule has 0 saturated carbocycles. The molecule has 0 saturated heterocycles. The smallest absolute Gasteiger partial charge is 0.311 e. The van der Waals surface area contributed by atoms with Crippen LogP contribution in [0.4, 0.5) is 5.69 Å². The van der Waals surface area contributed by atoms with E-state index in [2.05, 4.69) is 11.4 Å². The van der Waals surface area contributed by atoms with Crippen molar-refractivity contribution in [3.05, 3.63) is 65.7 Å². The van der Waals surface area contributed by atoms with E-state index in [-0.39, 0.29) is 18.0 Å². The van der Waals surface area contributed by atoms with E-state index in [0.29, 0.717) is 6.54 Å². The Morgan fingerprint density at radius 1 is 1.14 bits per heavy atom. The number of esters is 1. The van der Waals surface area contributed by atoms with Crippen molar-refractivity contribution in [2.45, 2.75) is 19.4 Å². The first kappa shape index (κ1) is 13.7. The third-order valence-corrected chi connectivity index (χ3v) is 3.92. The van der Waals surface area contributed by atoms with Crippen LogP contribution in [-0.2, 0) is 16.0 Å². The summed E-state index contributed by atoms with van der Waals surface area (Å²) in [5.41, 5.74) is 3.32. The Morgan fingerprint density at radius 2 is 1.86 bits per heavy atom. The van der Waals surface area contributed by atoms with Gasteiger partial charge in [0, 0.05) is 12.2 Å². The van der Waals surface area contributed by atoms with Gasteiger partial charge >= 0.3 is 5.97 Å². The number of carbonyl (C=O) groups is 1. The van der Waals surface area contributed by atoms with Crippen LogP contribution in [0.2, 0.25) is 0 Å². The Morgan fingerprint density at radius 3 is 2.67 bits per heavy atom. The number of nitrogens with one attached hydrogen (secondary N) is 1. The SMILES string of the molecule is CC(OC(=O)C1CNc2ccccc2C1)c1ccccc1. The zero-order chi connectivity index (χ0) is 14.7. The highest BCUT2D eigenvalue weighted by atomic mass is 16.5. The van der Waals surface area contributed by atoms with Gasteiger partial charge in [-0.3, -0.25) is 4.79 Å². The molecule has 2 unspecified atom stereocenters. The Bertz CT molecular complexity index is 624. The molecule has 2 atom stereocenters. The summed E-state index contributed by atoms with van der Waals surface area (Å²) >= 11 is 0. The van der Waals surface area contributed by atoms with E-state index in [9.17, 15) is 4.79 Å². The summed E-state index contributed by atoms with van der Waals surface area (Å²) < 4.78 is 5.61. The van der Waals surface area contributed by atoms with Gasteiger partial charge in [0.1, 0.15) is 6.10 Å². The summed E-state index contributed by atoms with van der Waals surface area (Å²) in [5, 5.41) is 3.31. The third kappa shape index (κ3) is 3.07. The predicted octanol–water partition coefficient (Wildman–Crippen LogP) is 3.58. The molecule has 2 aromatic carbocycles. The number of fused-ring (bicyclic) bond motifs is 1. The fourth-order valence-electron chi connectivity index (χ4n) is 2.67. The average molecular weight is 281 g/mol. The minimum absolute atomic E-state index is 0.119. The van der Waals surface area contributed by atoms with Crippen LogP contribution in [-0.4, -0.2) is 12.5 Å². The predicted molar refractivity (Wildman–Crippen MR) is 83.1 cm³/mol. The van der Waals surface area contributed by atoms with E-state index in [4.69, 9.17) is 4.74 Å². The van der Waals surface area contributed by atoms with Gasteiger partial charge in [-0.05, 0) is 30.5 Å². The first-order chi connectivity index (χ1) is 10.2. The highest BCUT2D eigenvalue weighted by Gasteiger charge is 2.26. The first-order valence-electron chi connectivity index (χ1n) is 7.31. The largest absolute Gasteiger partial charge is 0.458 e. The van der Waals surface area contributed by atoms with Crippen LogP contribution >= 0.6 is 0 Å². The van der Waals surface area contributed by atoms with E-state index in [1.54, 1.807) is 0 Å². The molecule has 108 valence electrons. The van der Waals surface area contributed by atoms with Gasteiger partial charge in [0.25, 0.3) is 0 Å². The summed E-state index contributed by atoms with van der Waals surface area (Å²) in [6.45, 7) is 2.55. The van der Waals surface area contributed by atoms with Gasteiger partial charge in [0.15, 0.2) is 0 Å². The molecule has 0 aliphatic carbocycles. The lowest BCUT2D eigenvalue weighted by molar-refractivity contribution is -0.153. The quantitative estimate of drug-likeness (QED) is 0.874. The molecule has 1 aliphatic rings. The summed E-state index contributed by atoms with van der Waals surface area (Å²) in [4.78, 5) is 12.3. The number of anilines is 1. The maximum absolute atomic E-state index is 12.3. The molecule has 0 fully saturated rings. The van der Waals surface area contributed by atoms with E-state index >= 15 is 0 Å². The Kier molecular flexibility index (Phi) is 3.91. The van der Waals surface area contributed by atoms with Crippen LogP contribution in [0.3, 0.4) is 0 Å². The molecule has 0 spiro atoms. The third-order valence-electron chi connectivity index (χ3n) is 3.92. The summed E-state index contributed by atoms with van der Waals surface area (Å²) in [5.74, 6) is -0.251. The molecule has 3 rings (SSSR count). The molecule has 1 N–H and O–H groups in total. The fourth-order valence-corrected chi connectivity index (χ4v) is 2.67. The summed E-state index contributed by atoms with van der Waals surface area (Å²) in [7, 11) is 0. The molecule has 3 heteroatoms. The Labute approximate surface area is 124 Å². The standard InChI is InChI=1S/C18H19NO2/c1-13(14-7-3-2-4-8-14)21-18(20)16-11-15-9-5-6-10-17(15)19-12-16/h2-10,13,16,19H,11-12H2,1H3. The van der Waals surface area contributed by atoms with Gasteiger partial charge < -0.3 is 10.1 Å². The lowest BCUT2D eigenvalue weighted by Gasteiger charge is -2.26. The monoisotopic (exact) mass is 281 g/mol. The van der Waals surface area contributed by atoms with Crippen LogP contribution in [0, 0.1) is 5.92 Å². The van der Waals surface area contributed by atoms with E-state index < -0.39 is 0 Å². The normalized spacial score (nSPS) is 18.2. The van der Waals surface area contributed by atoms with Crippen molar-refractivity contribution in [3.8, 4) is 0 Å². The fraction of sp³-hybridized carbons (Fsp3) is 0.278. The first-order valence-corrected chi connectivity index (χ1v) is 7.31. The second-order valence-corrected chi connectivity index (χ2v) is 5.43. The molecule has 0 amide bonds. The minimum atomic E-state index is -0.212. The van der Waals surface area contributed by atoms with Gasteiger partial charge in [-0.15, -0.1) is 0 Å². The molecule has 0 radical (unpaired) electrons. The highest BCUT2D eigenvalue weighted by Crippen LogP contribution is 2.26. The molecular formula is C18H19NO2. The van der Waals surface area contributed by atoms with E-state index in [0.717, 1.165) is 17.7 Å². The van der Waals surface area contributed by atoms with Gasteiger partial charge in [0.2, 0.25) is 0 Å². The van der Waals surface area contributed by atoms with Crippen LogP contribution in [0.5, 0.6) is 0 Å². The van der Waals surface area contributed by atoms with Crippen LogP contribution in [0.25, 0.3) is 0 Å². The van der Waals surface area contributed by atoms with Crippen LogP contribution in [0.1, 0.15) is 24.2 Å². The van der Waals surface area contributed by atoms with Crippen molar-refractivity contribution in [2.75, 3.05) is 11.9 Å². The van der Waals surface area contributed by atoms with Crippen molar-refractivity contribution < 1.29 is 9.53 Å². The second-order valence-electron chi connectivity index (χ2n) is 5.43. The van der Waals surface area contributed by atoms with Crippen molar-refractivity contribution in [2.24, 2.45) is 5.92 Å². The van der Waals surface area contributed by atoms with Gasteiger partial charge in [-0.2, -0.15) is 0 Å². The maximum Gasteiger partial charge on any atom is 0.311 e. The zero-order valence-electron chi connectivity index (χ0n) is 12.1. The van der Waals surface area contributed by atoms with E-state index in [1.807, 2.05) is 55.5 Å². The number of hydrogen-bond donors (Lipinski definition) is 1. The Balaban J connectivity index is 1.65. The molecule has 1 heterocycles. The zero-order valence-corrected chi connectivity index (χ0v) is 12.1. The Hall–Kier alpha value is -2.29. The number of rotatable bonds is 3. The van der Waals surface area contributed by atoms with Crippen LogP contribution in [0.15, 0.2) is 54.6 Å². The molecule has 3 nitrogen and oxygen atoms in total. The minimum Gasteiger partial charge on any atom is -0.458 e. The van der Waals surface area contributed by atoms with Gasteiger partial charge in [0.05, 0.1) is 5.92 Å². The topological polar surface area (TPSA) is 38.3 Å².